The molecule has 0 spiro atoms. The Balaban J connectivity index is 0.000000238. The number of primary amides is 1. The molecule has 19 heteroatoms. The fourth-order valence-corrected chi connectivity index (χ4v) is 8.27. The number of carbonyl (C=O) groups excluding carboxylic acids is 7. The van der Waals surface area contributed by atoms with Crippen molar-refractivity contribution in [3.05, 3.63) is 81.4 Å². The van der Waals surface area contributed by atoms with Crippen LogP contribution in [0.25, 0.3) is 12.2 Å². The molecular formula is C44H50Cl2F2N8O7. The topological polar surface area (TPSA) is 224 Å². The molecule has 336 valence electrons. The number of hydrogen-bond donors (Lipinski definition) is 5. The number of hydrogen-bond acceptors (Lipinski definition) is 10. The van der Waals surface area contributed by atoms with Crippen LogP contribution in [0.2, 0.25) is 10.0 Å². The second-order valence-corrected chi connectivity index (χ2v) is 16.7. The summed E-state index contributed by atoms with van der Waals surface area (Å²) in [6.45, 7) is 0.991. The van der Waals surface area contributed by atoms with E-state index in [-0.39, 0.29) is 57.4 Å². The number of nitriles is 1. The summed E-state index contributed by atoms with van der Waals surface area (Å²) >= 11 is 11.5. The number of nitrogens with one attached hydrogen (secondary N) is 4. The largest absolute Gasteiger partial charge is 0.368 e. The quantitative estimate of drug-likeness (QED) is 0.177. The van der Waals surface area contributed by atoms with Crippen LogP contribution in [-0.4, -0.2) is 88.4 Å². The van der Waals surface area contributed by atoms with Gasteiger partial charge in [-0.1, -0.05) is 35.3 Å². The molecule has 6 atom stereocenters. The lowest BCUT2D eigenvalue weighted by Gasteiger charge is -2.35. The number of halogens is 4. The second kappa shape index (κ2) is 23.2. The first-order valence-electron chi connectivity index (χ1n) is 20.9. The Morgan fingerprint density at radius 1 is 0.746 bits per heavy atom. The minimum absolute atomic E-state index is 0.0706. The number of hydrazine groups is 2. The lowest BCUT2D eigenvalue weighted by atomic mass is 9.96. The van der Waals surface area contributed by atoms with E-state index in [0.717, 1.165) is 37.5 Å². The molecule has 0 radical (unpaired) electrons. The number of carbonyl (C=O) groups is 7. The smallest absolute Gasteiger partial charge is 0.261 e. The molecule has 2 aliphatic heterocycles. The predicted molar refractivity (Wildman–Crippen MR) is 229 cm³/mol. The Morgan fingerprint density at radius 2 is 1.21 bits per heavy atom. The normalized spacial score (nSPS) is 22.3. The highest BCUT2D eigenvalue weighted by atomic mass is 35.5. The Labute approximate surface area is 373 Å². The summed E-state index contributed by atoms with van der Waals surface area (Å²) in [6, 6.07) is 6.78. The van der Waals surface area contributed by atoms with Crippen molar-refractivity contribution >= 4 is 76.5 Å². The van der Waals surface area contributed by atoms with Crippen LogP contribution < -0.4 is 27.2 Å². The molecule has 2 aromatic rings. The van der Waals surface area contributed by atoms with E-state index in [0.29, 0.717) is 58.0 Å². The van der Waals surface area contributed by atoms with Crippen molar-refractivity contribution in [3.63, 3.8) is 0 Å². The van der Waals surface area contributed by atoms with E-state index >= 15 is 0 Å². The van der Waals surface area contributed by atoms with Gasteiger partial charge in [-0.2, -0.15) is 5.26 Å². The molecular weight excluding hydrogens is 861 g/mol. The highest BCUT2D eigenvalue weighted by Crippen LogP contribution is 2.27. The number of nitrogens with two attached hydrogens (primary N) is 1. The summed E-state index contributed by atoms with van der Waals surface area (Å²) in [5.41, 5.74) is 11.6. The number of benzene rings is 2. The third kappa shape index (κ3) is 13.7. The van der Waals surface area contributed by atoms with Crippen LogP contribution in [0.3, 0.4) is 0 Å². The first-order chi connectivity index (χ1) is 30.1. The zero-order valence-electron chi connectivity index (χ0n) is 34.4. The molecule has 4 aliphatic rings. The molecule has 15 nitrogen and oxygen atoms in total. The van der Waals surface area contributed by atoms with Gasteiger partial charge in [0.1, 0.15) is 47.4 Å². The number of rotatable bonds is 13. The van der Waals surface area contributed by atoms with E-state index in [4.69, 9.17) is 28.9 Å². The molecule has 2 aliphatic carbocycles. The van der Waals surface area contributed by atoms with Gasteiger partial charge in [-0.05, 0) is 101 Å². The maximum atomic E-state index is 14.0. The van der Waals surface area contributed by atoms with Crippen molar-refractivity contribution in [2.75, 3.05) is 13.1 Å². The number of Topliss-reactive ketones (excluding diaryl/α,β-unsaturated/α-hetero) is 2. The van der Waals surface area contributed by atoms with Crippen molar-refractivity contribution in [1.29, 1.82) is 5.26 Å². The fourth-order valence-electron chi connectivity index (χ4n) is 7.95. The van der Waals surface area contributed by atoms with Gasteiger partial charge in [0.25, 0.3) is 11.8 Å². The van der Waals surface area contributed by atoms with E-state index in [2.05, 4.69) is 21.5 Å². The average molecular weight is 912 g/mol. The summed E-state index contributed by atoms with van der Waals surface area (Å²) in [5, 5.41) is 17.6. The molecule has 2 saturated carbocycles. The van der Waals surface area contributed by atoms with E-state index in [1.54, 1.807) is 0 Å². The number of amides is 5. The zero-order chi connectivity index (χ0) is 45.6. The summed E-state index contributed by atoms with van der Waals surface area (Å²) in [4.78, 5) is 86.8. The summed E-state index contributed by atoms with van der Waals surface area (Å²) in [7, 11) is 0. The fraction of sp³-hybridized carbons (Fsp3) is 0.455. The van der Waals surface area contributed by atoms with Gasteiger partial charge in [0.05, 0.1) is 6.07 Å². The van der Waals surface area contributed by atoms with Gasteiger partial charge in [-0.3, -0.25) is 43.6 Å². The molecule has 4 fully saturated rings. The van der Waals surface area contributed by atoms with E-state index in [1.165, 1.54) is 52.5 Å². The van der Waals surface area contributed by atoms with Gasteiger partial charge in [0.15, 0.2) is 0 Å². The third-order valence-corrected chi connectivity index (χ3v) is 11.8. The Morgan fingerprint density at radius 3 is 1.62 bits per heavy atom. The second-order valence-electron chi connectivity index (χ2n) is 15.8. The first kappa shape index (κ1) is 48.5. The molecule has 6 N–H and O–H groups in total. The van der Waals surface area contributed by atoms with Crippen LogP contribution in [0.1, 0.15) is 88.2 Å². The van der Waals surface area contributed by atoms with Crippen molar-refractivity contribution in [2.24, 2.45) is 17.6 Å². The Bertz CT molecular complexity index is 2170. The van der Waals surface area contributed by atoms with Gasteiger partial charge in [0, 0.05) is 71.1 Å². The standard InChI is InChI=1S/C22H26ClFN4O4.C22H24ClFN4O3/c23-15-8-6-13(16(24)12-15)7-9-20(30)28-18(4-2-10-26-28)22(32)27-17(21(25)31)11-14-3-1-5-19(14)29;23-16-8-6-14(18(24)12-16)7-9-21(30)28-19(4-2-10-26-28)22(31)27-17(13-25)11-15-3-1-5-20(15)29/h6-9,12,14,17-18,26H,1-5,10-11H2,(H2,25,31)(H,27,32);6-9,12,15,17,19,26H,1-5,10-11H2,(H,27,31)/b2*9-7+/t14-,17-,18-;15-,17-,19-/m00/s1. The summed E-state index contributed by atoms with van der Waals surface area (Å²) in [5.74, 6) is -4.20. The van der Waals surface area contributed by atoms with Gasteiger partial charge in [0.2, 0.25) is 17.7 Å². The van der Waals surface area contributed by atoms with Gasteiger partial charge < -0.3 is 16.4 Å². The number of ketones is 2. The van der Waals surface area contributed by atoms with Crippen LogP contribution in [0.5, 0.6) is 0 Å². The van der Waals surface area contributed by atoms with Gasteiger partial charge in [-0.15, -0.1) is 0 Å². The molecule has 2 heterocycles. The van der Waals surface area contributed by atoms with Crippen LogP contribution in [0.4, 0.5) is 8.78 Å². The van der Waals surface area contributed by atoms with Crippen molar-refractivity contribution < 1.29 is 42.3 Å². The Hall–Kier alpha value is -5.54. The first-order valence-corrected chi connectivity index (χ1v) is 21.7. The number of nitrogens with zero attached hydrogens (tertiary/aromatic N) is 3. The SMILES string of the molecule is N#C[C@H](C[C@@H]1CCCC1=O)NC(=O)[C@@H]1CCCNN1C(=O)/C=C/c1ccc(Cl)cc1F.NC(=O)[C@H](C[C@@H]1CCCC1=O)NC(=O)[C@@H]1CCCNN1C(=O)/C=C/c1ccc(Cl)cc1F. The highest BCUT2D eigenvalue weighted by molar-refractivity contribution is 6.30. The van der Waals surface area contributed by atoms with Crippen molar-refractivity contribution in [1.82, 2.24) is 31.5 Å². The van der Waals surface area contributed by atoms with Gasteiger partial charge >= 0.3 is 0 Å². The molecule has 0 unspecified atom stereocenters. The monoisotopic (exact) mass is 910 g/mol. The van der Waals surface area contributed by atoms with Crippen LogP contribution in [0, 0.1) is 34.8 Å². The van der Waals surface area contributed by atoms with E-state index in [9.17, 15) is 47.6 Å². The Kier molecular flexibility index (Phi) is 17.9. The molecule has 5 amide bonds. The van der Waals surface area contributed by atoms with Crippen LogP contribution in [-0.2, 0) is 33.6 Å². The average Bonchev–Trinajstić information content (AvgIpc) is 3.87. The molecule has 0 bridgehead atoms. The molecule has 2 saturated heterocycles. The van der Waals surface area contributed by atoms with Crippen molar-refractivity contribution in [2.45, 2.75) is 101 Å². The van der Waals surface area contributed by atoms with Crippen LogP contribution >= 0.6 is 23.2 Å². The molecule has 63 heavy (non-hydrogen) atoms. The summed E-state index contributed by atoms with van der Waals surface area (Å²) < 4.78 is 27.9. The molecule has 2 aromatic carbocycles. The molecule has 6 rings (SSSR count). The third-order valence-electron chi connectivity index (χ3n) is 11.3. The zero-order valence-corrected chi connectivity index (χ0v) is 35.9. The minimum atomic E-state index is -0.993. The van der Waals surface area contributed by atoms with Crippen LogP contribution in [0.15, 0.2) is 48.6 Å². The minimum Gasteiger partial charge on any atom is -0.368 e. The van der Waals surface area contributed by atoms with Gasteiger partial charge in [-0.25, -0.2) is 19.6 Å². The lowest BCUT2D eigenvalue weighted by molar-refractivity contribution is -0.143. The summed E-state index contributed by atoms with van der Waals surface area (Å²) in [6.07, 6.45) is 11.5. The predicted octanol–water partition coefficient (Wildman–Crippen LogP) is 4.47. The van der Waals surface area contributed by atoms with E-state index in [1.807, 2.05) is 6.07 Å². The molecule has 0 aromatic heterocycles. The van der Waals surface area contributed by atoms with Crippen molar-refractivity contribution in [3.8, 4) is 6.07 Å². The maximum absolute atomic E-state index is 14.0. The highest BCUT2D eigenvalue weighted by Gasteiger charge is 2.37. The lowest BCUT2D eigenvalue weighted by Crippen LogP contribution is -2.60. The van der Waals surface area contributed by atoms with E-state index < -0.39 is 65.3 Å². The maximum Gasteiger partial charge on any atom is 0.261 e.